The van der Waals surface area contributed by atoms with E-state index in [2.05, 4.69) is 34.1 Å². The molecular weight excluding hydrogens is 993 g/mol. The Hall–Kier alpha value is -5.91. The number of carbonyl (C=O) groups is 1. The van der Waals surface area contributed by atoms with Crippen molar-refractivity contribution in [3.63, 3.8) is 0 Å². The number of nitrogen functional groups attached to an aromatic ring is 1. The number of nitrogens with zero attached hydrogens (tertiary/aromatic N) is 4. The maximum absolute atomic E-state index is 12.9. The number of nitrogens with one attached hydrogen (secondary N) is 1. The minimum atomic E-state index is -5.28. The van der Waals surface area contributed by atoms with E-state index >= 15 is 0 Å². The van der Waals surface area contributed by atoms with Gasteiger partial charge in [0.05, 0.1) is 57.0 Å². The van der Waals surface area contributed by atoms with Crippen molar-refractivity contribution in [2.75, 3.05) is 35.8 Å². The fourth-order valence-corrected chi connectivity index (χ4v) is 9.71. The van der Waals surface area contributed by atoms with E-state index in [-0.39, 0.29) is 32.4 Å². The van der Waals surface area contributed by atoms with Crippen LogP contribution >= 0.6 is 0 Å². The highest BCUT2D eigenvalue weighted by Crippen LogP contribution is 2.48. The number of rotatable bonds is 18. The Morgan fingerprint density at radius 3 is 1.40 bits per heavy atom. The molecule has 0 fully saturated rings. The van der Waals surface area contributed by atoms with Gasteiger partial charge in [0.1, 0.15) is 21.2 Å². The van der Waals surface area contributed by atoms with E-state index in [0.29, 0.717) is 12.1 Å². The third-order valence-corrected chi connectivity index (χ3v) is 14.4. The summed E-state index contributed by atoms with van der Waals surface area (Å²) in [6.45, 7) is -1.76. The fourth-order valence-electron chi connectivity index (χ4n) is 5.40. The third-order valence-electron chi connectivity index (χ3n) is 8.37. The molecule has 8 N–H and O–H groups in total. The van der Waals surface area contributed by atoms with Crippen LogP contribution in [0, 0.1) is 0 Å². The number of phenols is 1. The van der Waals surface area contributed by atoms with E-state index in [1.807, 2.05) is 0 Å². The topological polar surface area (TPSA) is 429 Å². The second-order valence-corrected chi connectivity index (χ2v) is 22.0. The molecule has 0 aromatic heterocycles. The standard InChI is InChI=1S/C33H30N6O20S6/c34-29-28-20(17-26(62(46,47)48)30(29)38-36-23-7-11-25(12-8-23)61(44,45)16-14-59-65(55,56)57)18-27(63(49,50)51)31(32(28)40)39-37-22-3-1-19(2-4-22)33(41)35-21-5-9-24(10-6-21)60(42,43)15-13-58-64(52,53)54/h1-12,17-18,40H,13-16,34H2,(H,35,41)(H,46,47,48)(H,49,50,51)(H,52,53,54)(H,55,56,57). The average Bonchev–Trinajstić information content (AvgIpc) is 3.18. The molecule has 0 aliphatic carbocycles. The number of fused-ring (bicyclic) bond motifs is 1. The number of azo groups is 2. The Morgan fingerprint density at radius 1 is 0.569 bits per heavy atom. The average molecular weight is 1020 g/mol. The van der Waals surface area contributed by atoms with Gasteiger partial charge in [-0.1, -0.05) is 0 Å². The van der Waals surface area contributed by atoms with Gasteiger partial charge >= 0.3 is 20.8 Å². The second kappa shape index (κ2) is 18.9. The molecule has 348 valence electrons. The zero-order valence-corrected chi connectivity index (χ0v) is 37.0. The summed E-state index contributed by atoms with van der Waals surface area (Å²) >= 11 is 0. The van der Waals surface area contributed by atoms with Crippen molar-refractivity contribution in [3.8, 4) is 5.75 Å². The van der Waals surface area contributed by atoms with Crippen LogP contribution in [-0.2, 0) is 69.1 Å². The van der Waals surface area contributed by atoms with Crippen LogP contribution in [0.5, 0.6) is 5.75 Å². The predicted octanol–water partition coefficient (Wildman–Crippen LogP) is 3.89. The summed E-state index contributed by atoms with van der Waals surface area (Å²) in [5.74, 6) is -3.44. The van der Waals surface area contributed by atoms with Crippen LogP contribution in [0.4, 0.5) is 34.1 Å². The monoisotopic (exact) mass is 1020 g/mol. The number of benzene rings is 5. The van der Waals surface area contributed by atoms with Crippen molar-refractivity contribution in [1.29, 1.82) is 0 Å². The van der Waals surface area contributed by atoms with E-state index in [1.165, 1.54) is 36.4 Å². The summed E-state index contributed by atoms with van der Waals surface area (Å²) < 4.78 is 188. The Balaban J connectivity index is 1.42. The number of aromatic hydroxyl groups is 1. The molecule has 0 saturated carbocycles. The summed E-state index contributed by atoms with van der Waals surface area (Å²) in [5.41, 5.74) is 3.69. The second-order valence-electron chi connectivity index (χ2n) is 12.8. The lowest BCUT2D eigenvalue weighted by Crippen LogP contribution is -2.15. The van der Waals surface area contributed by atoms with Crippen molar-refractivity contribution in [3.05, 3.63) is 90.5 Å². The number of hydrogen-bond acceptors (Lipinski definition) is 21. The van der Waals surface area contributed by atoms with Crippen molar-refractivity contribution in [2.45, 2.75) is 19.6 Å². The van der Waals surface area contributed by atoms with Gasteiger partial charge in [-0.05, 0) is 90.3 Å². The highest BCUT2D eigenvalue weighted by atomic mass is 32.3. The molecule has 5 aromatic rings. The Bertz CT molecular complexity index is 3440. The van der Waals surface area contributed by atoms with Gasteiger partial charge < -0.3 is 16.2 Å². The first-order valence-electron chi connectivity index (χ1n) is 17.2. The Morgan fingerprint density at radius 2 is 0.969 bits per heavy atom. The Labute approximate surface area is 368 Å². The molecule has 0 heterocycles. The van der Waals surface area contributed by atoms with Gasteiger partial charge in [-0.25, -0.2) is 25.2 Å². The highest BCUT2D eigenvalue weighted by molar-refractivity contribution is 7.91. The van der Waals surface area contributed by atoms with E-state index in [9.17, 15) is 69.5 Å². The van der Waals surface area contributed by atoms with Gasteiger partial charge in [0.15, 0.2) is 25.4 Å². The molecule has 32 heteroatoms. The first-order chi connectivity index (χ1) is 29.9. The van der Waals surface area contributed by atoms with Crippen LogP contribution in [0.2, 0.25) is 0 Å². The number of hydrogen-bond donors (Lipinski definition) is 7. The van der Waals surface area contributed by atoms with Gasteiger partial charge in [0, 0.05) is 11.3 Å². The normalized spacial score (nSPS) is 13.2. The number of sulfone groups is 2. The number of phenolic OH excluding ortho intramolecular Hbond substituents is 1. The summed E-state index contributed by atoms with van der Waals surface area (Å²) in [7, 11) is -28.5. The number of amides is 1. The van der Waals surface area contributed by atoms with Gasteiger partial charge in [-0.2, -0.15) is 43.9 Å². The molecule has 5 rings (SSSR count). The lowest BCUT2D eigenvalue weighted by atomic mass is 10.1. The molecule has 0 aliphatic rings. The van der Waals surface area contributed by atoms with Gasteiger partial charge in [-0.3, -0.25) is 23.0 Å². The quantitative estimate of drug-likeness (QED) is 0.0372. The third kappa shape index (κ3) is 13.1. The van der Waals surface area contributed by atoms with Crippen molar-refractivity contribution in [2.24, 2.45) is 20.5 Å². The smallest absolute Gasteiger partial charge is 0.397 e. The van der Waals surface area contributed by atoms with E-state index in [1.54, 1.807) is 0 Å². The molecule has 26 nitrogen and oxygen atoms in total. The summed E-state index contributed by atoms with van der Waals surface area (Å²) in [5, 5.41) is 28.0. The van der Waals surface area contributed by atoms with E-state index in [0.717, 1.165) is 36.4 Å². The van der Waals surface area contributed by atoms with Crippen LogP contribution < -0.4 is 11.1 Å². The summed E-state index contributed by atoms with van der Waals surface area (Å²) in [4.78, 5) is 10.1. The minimum absolute atomic E-state index is 0.0177. The van der Waals surface area contributed by atoms with Crippen LogP contribution in [0.25, 0.3) is 10.8 Å². The molecule has 0 saturated heterocycles. The van der Waals surface area contributed by atoms with Gasteiger partial charge in [-0.15, -0.1) is 10.2 Å². The van der Waals surface area contributed by atoms with Crippen LogP contribution in [-0.4, -0.2) is 104 Å². The summed E-state index contributed by atoms with van der Waals surface area (Å²) in [6, 6.07) is 15.1. The SMILES string of the molecule is Nc1c(N=Nc2ccc(S(=O)(=O)CCOS(=O)(=O)O)cc2)c(S(=O)(=O)O)cc2cc(S(=O)(=O)O)c(N=Nc3ccc(C(=O)Nc4ccc(S(=O)(=O)CCOS(=O)(=O)O)cc4)cc3)c(O)c12. The van der Waals surface area contributed by atoms with Crippen LogP contribution in [0.3, 0.4) is 0 Å². The molecule has 1 amide bonds. The molecule has 0 unspecified atom stereocenters. The highest BCUT2D eigenvalue weighted by Gasteiger charge is 2.28. The van der Waals surface area contributed by atoms with Crippen molar-refractivity contribution in [1.82, 2.24) is 0 Å². The van der Waals surface area contributed by atoms with Gasteiger partial charge in [0.25, 0.3) is 26.1 Å². The minimum Gasteiger partial charge on any atom is -0.505 e. The molecular formula is C33H30N6O20S6. The maximum Gasteiger partial charge on any atom is 0.397 e. The number of anilines is 2. The van der Waals surface area contributed by atoms with E-state index in [4.69, 9.17) is 14.8 Å². The molecule has 5 aromatic carbocycles. The zero-order valence-electron chi connectivity index (χ0n) is 32.1. The summed E-state index contributed by atoms with van der Waals surface area (Å²) in [6.07, 6.45) is 0. The maximum atomic E-state index is 12.9. The fraction of sp³-hybridized carbons (Fsp3) is 0.121. The molecule has 0 aliphatic heterocycles. The molecule has 0 atom stereocenters. The van der Waals surface area contributed by atoms with E-state index < -0.39 is 135 Å². The lowest BCUT2D eigenvalue weighted by molar-refractivity contribution is 0.102. The van der Waals surface area contributed by atoms with Crippen LogP contribution in [0.15, 0.2) is 125 Å². The zero-order chi connectivity index (χ0) is 48.3. The molecule has 0 bridgehead atoms. The largest absolute Gasteiger partial charge is 0.505 e. The van der Waals surface area contributed by atoms with Gasteiger partial charge in [0.2, 0.25) is 0 Å². The Kier molecular flexibility index (Phi) is 14.6. The van der Waals surface area contributed by atoms with Crippen LogP contribution in [0.1, 0.15) is 10.4 Å². The number of carbonyl (C=O) groups excluding carboxylic acids is 1. The first kappa shape index (κ1) is 50.1. The lowest BCUT2D eigenvalue weighted by Gasteiger charge is -2.14. The molecule has 65 heavy (non-hydrogen) atoms. The molecule has 0 radical (unpaired) electrons. The molecule has 0 spiro atoms. The predicted molar refractivity (Wildman–Crippen MR) is 224 cm³/mol. The first-order valence-corrected chi connectivity index (χ1v) is 26.1. The van der Waals surface area contributed by atoms with Crippen molar-refractivity contribution < 1.29 is 87.0 Å². The van der Waals surface area contributed by atoms with Crippen molar-refractivity contribution >= 4 is 112 Å². The number of nitrogens with two attached hydrogens (primary N) is 1.